The molecule has 2 aromatic carbocycles. The summed E-state index contributed by atoms with van der Waals surface area (Å²) in [7, 11) is 0. The Morgan fingerprint density at radius 1 is 1.20 bits per heavy atom. The Bertz CT molecular complexity index is 593. The highest BCUT2D eigenvalue weighted by molar-refractivity contribution is 5.99. The number of hydrogen-bond donors (Lipinski definition) is 4. The quantitative estimate of drug-likeness (QED) is 0.378. The molecule has 0 saturated heterocycles. The van der Waals surface area contributed by atoms with E-state index < -0.39 is 0 Å². The number of nitrogens with one attached hydrogen (secondary N) is 3. The second-order valence-corrected chi connectivity index (χ2v) is 4.17. The van der Waals surface area contributed by atoms with E-state index in [4.69, 9.17) is 11.1 Å². The Labute approximate surface area is 117 Å². The molecule has 0 aliphatic heterocycles. The molecule has 5 N–H and O–H groups in total. The molecule has 0 aliphatic rings. The van der Waals surface area contributed by atoms with E-state index in [-0.39, 0.29) is 18.3 Å². The van der Waals surface area contributed by atoms with Gasteiger partial charge in [-0.1, -0.05) is 18.2 Å². The van der Waals surface area contributed by atoms with E-state index in [0.717, 1.165) is 11.4 Å². The minimum atomic E-state index is -0.212. The van der Waals surface area contributed by atoms with Gasteiger partial charge in [0, 0.05) is 23.0 Å². The van der Waals surface area contributed by atoms with Crippen LogP contribution >= 0.6 is 0 Å². The standard InChI is InChI=1S/C15H15N4O/c16-15(17)18-10-14(20)11-6-8-13(9-7-11)19-12-4-2-1-3-5-12/h1-4,6-9,19H,10H2,(H4,16,17,18). The van der Waals surface area contributed by atoms with Gasteiger partial charge in [-0.2, -0.15) is 0 Å². The molecule has 2 rings (SSSR count). The van der Waals surface area contributed by atoms with E-state index in [9.17, 15) is 4.79 Å². The summed E-state index contributed by atoms with van der Waals surface area (Å²) in [4.78, 5) is 11.8. The lowest BCUT2D eigenvalue weighted by molar-refractivity contribution is 0.0996. The summed E-state index contributed by atoms with van der Waals surface area (Å²) in [5, 5.41) is 12.7. The first-order valence-electron chi connectivity index (χ1n) is 6.10. The lowest BCUT2D eigenvalue weighted by Gasteiger charge is -2.07. The van der Waals surface area contributed by atoms with Crippen molar-refractivity contribution in [2.45, 2.75) is 0 Å². The topological polar surface area (TPSA) is 91.0 Å². The van der Waals surface area contributed by atoms with Gasteiger partial charge in [-0.25, -0.2) is 0 Å². The molecule has 0 amide bonds. The van der Waals surface area contributed by atoms with Crippen LogP contribution < -0.4 is 16.4 Å². The van der Waals surface area contributed by atoms with Crippen LogP contribution in [0.15, 0.2) is 48.5 Å². The SMILES string of the molecule is N=C(N)NCC(=O)c1ccc(Nc2[c]cccc2)cc1. The highest BCUT2D eigenvalue weighted by Crippen LogP contribution is 2.16. The molecule has 0 atom stereocenters. The summed E-state index contributed by atoms with van der Waals surface area (Å²) in [6, 6.07) is 17.7. The summed E-state index contributed by atoms with van der Waals surface area (Å²) >= 11 is 0. The third-order valence-electron chi connectivity index (χ3n) is 2.63. The van der Waals surface area contributed by atoms with Crippen LogP contribution in [0, 0.1) is 11.5 Å². The van der Waals surface area contributed by atoms with Crippen molar-refractivity contribution >= 4 is 23.1 Å². The van der Waals surface area contributed by atoms with Crippen LogP contribution in [0.1, 0.15) is 10.4 Å². The molecular weight excluding hydrogens is 252 g/mol. The number of carbonyl (C=O) groups is 1. The van der Waals surface area contributed by atoms with Gasteiger partial charge in [-0.05, 0) is 30.3 Å². The Balaban J connectivity index is 1.99. The zero-order valence-corrected chi connectivity index (χ0v) is 10.8. The molecule has 5 heteroatoms. The van der Waals surface area contributed by atoms with E-state index in [1.165, 1.54) is 0 Å². The normalized spacial score (nSPS) is 9.80. The third-order valence-corrected chi connectivity index (χ3v) is 2.63. The van der Waals surface area contributed by atoms with E-state index in [0.29, 0.717) is 5.56 Å². The molecule has 0 fully saturated rings. The highest BCUT2D eigenvalue weighted by atomic mass is 16.1. The average molecular weight is 267 g/mol. The maximum Gasteiger partial charge on any atom is 0.186 e. The Morgan fingerprint density at radius 3 is 2.55 bits per heavy atom. The van der Waals surface area contributed by atoms with Crippen molar-refractivity contribution in [3.63, 3.8) is 0 Å². The molecule has 101 valence electrons. The molecule has 0 unspecified atom stereocenters. The molecule has 20 heavy (non-hydrogen) atoms. The zero-order chi connectivity index (χ0) is 14.4. The van der Waals surface area contributed by atoms with E-state index in [1.807, 2.05) is 36.4 Å². The number of benzene rings is 2. The van der Waals surface area contributed by atoms with Gasteiger partial charge in [-0.15, -0.1) is 0 Å². The number of hydrogen-bond acceptors (Lipinski definition) is 3. The molecule has 0 spiro atoms. The summed E-state index contributed by atoms with van der Waals surface area (Å²) in [5.74, 6) is -0.325. The van der Waals surface area contributed by atoms with Gasteiger partial charge in [0.05, 0.1) is 6.54 Å². The largest absolute Gasteiger partial charge is 0.370 e. The van der Waals surface area contributed by atoms with Gasteiger partial charge < -0.3 is 16.4 Å². The van der Waals surface area contributed by atoms with Crippen LogP contribution in [0.2, 0.25) is 0 Å². The molecule has 0 heterocycles. The predicted octanol–water partition coefficient (Wildman–Crippen LogP) is 1.90. The minimum absolute atomic E-state index is 0.0224. The smallest absolute Gasteiger partial charge is 0.186 e. The zero-order valence-electron chi connectivity index (χ0n) is 10.8. The average Bonchev–Trinajstić information content (AvgIpc) is 2.46. The number of guanidine groups is 1. The van der Waals surface area contributed by atoms with Crippen molar-refractivity contribution in [2.75, 3.05) is 11.9 Å². The molecule has 1 radical (unpaired) electrons. The number of Topliss-reactive ketones (excluding diaryl/α,β-unsaturated/α-hetero) is 1. The van der Waals surface area contributed by atoms with Crippen molar-refractivity contribution in [1.82, 2.24) is 5.32 Å². The number of anilines is 2. The van der Waals surface area contributed by atoms with Crippen LogP contribution in [0.4, 0.5) is 11.4 Å². The lowest BCUT2D eigenvalue weighted by atomic mass is 10.1. The lowest BCUT2D eigenvalue weighted by Crippen LogP contribution is -2.34. The number of ketones is 1. The molecule has 2 aromatic rings. The maximum atomic E-state index is 11.8. The summed E-state index contributed by atoms with van der Waals surface area (Å²) < 4.78 is 0. The monoisotopic (exact) mass is 267 g/mol. The highest BCUT2D eigenvalue weighted by Gasteiger charge is 2.05. The van der Waals surface area contributed by atoms with Crippen LogP contribution in [0.3, 0.4) is 0 Å². The van der Waals surface area contributed by atoms with Crippen molar-refractivity contribution in [2.24, 2.45) is 5.73 Å². The van der Waals surface area contributed by atoms with Crippen LogP contribution in [0.5, 0.6) is 0 Å². The van der Waals surface area contributed by atoms with Crippen molar-refractivity contribution in [1.29, 1.82) is 5.41 Å². The summed E-state index contributed by atoms with van der Waals surface area (Å²) in [6.45, 7) is 0.0224. The maximum absolute atomic E-state index is 11.8. The number of carbonyl (C=O) groups excluding carboxylic acids is 1. The molecule has 0 saturated carbocycles. The Morgan fingerprint density at radius 2 is 1.95 bits per heavy atom. The Kier molecular flexibility index (Phi) is 4.34. The van der Waals surface area contributed by atoms with Gasteiger partial charge in [0.25, 0.3) is 0 Å². The first kappa shape index (κ1) is 13.6. The van der Waals surface area contributed by atoms with Crippen LogP contribution in [0.25, 0.3) is 0 Å². The molecule has 0 aromatic heterocycles. The molecular formula is C15H15N4O. The molecule has 5 nitrogen and oxygen atoms in total. The summed E-state index contributed by atoms with van der Waals surface area (Å²) in [5.41, 5.74) is 7.45. The predicted molar refractivity (Wildman–Crippen MR) is 79.3 cm³/mol. The number of rotatable bonds is 5. The fourth-order valence-electron chi connectivity index (χ4n) is 1.64. The molecule has 0 bridgehead atoms. The van der Waals surface area contributed by atoms with Gasteiger partial charge in [0.1, 0.15) is 0 Å². The van der Waals surface area contributed by atoms with Crippen molar-refractivity contribution in [3.05, 3.63) is 60.2 Å². The number of para-hydroxylation sites is 1. The van der Waals surface area contributed by atoms with Crippen molar-refractivity contribution < 1.29 is 4.79 Å². The van der Waals surface area contributed by atoms with Gasteiger partial charge in [-0.3, -0.25) is 10.2 Å². The van der Waals surface area contributed by atoms with Crippen molar-refractivity contribution in [3.8, 4) is 0 Å². The first-order valence-corrected chi connectivity index (χ1v) is 6.10. The van der Waals surface area contributed by atoms with Crippen LogP contribution in [-0.2, 0) is 0 Å². The van der Waals surface area contributed by atoms with E-state index in [2.05, 4.69) is 16.7 Å². The summed E-state index contributed by atoms with van der Waals surface area (Å²) in [6.07, 6.45) is 0. The second-order valence-electron chi connectivity index (χ2n) is 4.17. The number of nitrogens with two attached hydrogens (primary N) is 1. The van der Waals surface area contributed by atoms with Crippen LogP contribution in [-0.4, -0.2) is 18.3 Å². The third kappa shape index (κ3) is 3.84. The first-order chi connectivity index (χ1) is 9.65. The van der Waals surface area contributed by atoms with E-state index in [1.54, 1.807) is 12.1 Å². The fraction of sp³-hybridized carbons (Fsp3) is 0.0667. The van der Waals surface area contributed by atoms with Gasteiger partial charge in [0.15, 0.2) is 11.7 Å². The fourth-order valence-corrected chi connectivity index (χ4v) is 1.64. The Hall–Kier alpha value is -2.82. The van der Waals surface area contributed by atoms with E-state index >= 15 is 0 Å². The molecule has 0 aliphatic carbocycles. The van der Waals surface area contributed by atoms with Gasteiger partial charge in [0.2, 0.25) is 0 Å². The second kappa shape index (κ2) is 6.38. The minimum Gasteiger partial charge on any atom is -0.370 e. The van der Waals surface area contributed by atoms with Gasteiger partial charge >= 0.3 is 0 Å².